The number of amides is 1. The van der Waals surface area contributed by atoms with Crippen LogP contribution in [0.5, 0.6) is 0 Å². The molecule has 0 heterocycles. The molecule has 0 aromatic heterocycles. The summed E-state index contributed by atoms with van der Waals surface area (Å²) in [4.78, 5) is 12.2. The minimum absolute atomic E-state index is 0.150. The van der Waals surface area contributed by atoms with Crippen LogP contribution in [0.2, 0.25) is 0 Å². The molecule has 1 amide bonds. The highest BCUT2D eigenvalue weighted by atomic mass is 16.1. The summed E-state index contributed by atoms with van der Waals surface area (Å²) in [5.74, 6) is -0.532. The van der Waals surface area contributed by atoms with Gasteiger partial charge in [-0.25, -0.2) is 0 Å². The van der Waals surface area contributed by atoms with Gasteiger partial charge >= 0.3 is 0 Å². The van der Waals surface area contributed by atoms with Gasteiger partial charge in [0.25, 0.3) is 0 Å². The minimum Gasteiger partial charge on any atom is -0.329 e. The Labute approximate surface area is 117 Å². The van der Waals surface area contributed by atoms with E-state index < -0.39 is 0 Å². The Bertz CT molecular complexity index is 614. The molecule has 0 aliphatic rings. The Morgan fingerprint density at radius 2 is 1.80 bits per heavy atom. The average Bonchev–Trinajstić information content (AvgIpc) is 2.50. The third kappa shape index (κ3) is 3.22. The molecule has 0 radical (unpaired) electrons. The summed E-state index contributed by atoms with van der Waals surface area (Å²) in [5, 5.41) is 11.5. The molecule has 0 bridgehead atoms. The van der Waals surface area contributed by atoms with Crippen LogP contribution in [-0.4, -0.2) is 12.5 Å². The summed E-state index contributed by atoms with van der Waals surface area (Å²) in [6, 6.07) is 18.2. The number of nitrogens with one attached hydrogen (secondary N) is 1. The number of nitrogens with two attached hydrogens (primary N) is 1. The third-order valence-corrected chi connectivity index (χ3v) is 3.04. The molecule has 2 aromatic rings. The van der Waals surface area contributed by atoms with Gasteiger partial charge in [-0.05, 0) is 29.8 Å². The normalized spacial score (nSPS) is 11.4. The van der Waals surface area contributed by atoms with Crippen molar-refractivity contribution in [2.24, 2.45) is 5.73 Å². The molecule has 2 aromatic carbocycles. The molecule has 0 saturated heterocycles. The van der Waals surface area contributed by atoms with Crippen LogP contribution < -0.4 is 11.1 Å². The lowest BCUT2D eigenvalue weighted by molar-refractivity contribution is -0.117. The van der Waals surface area contributed by atoms with Crippen molar-refractivity contribution in [2.45, 2.75) is 5.92 Å². The molecular weight excluding hydrogens is 250 g/mol. The molecule has 4 nitrogen and oxygen atoms in total. The zero-order valence-corrected chi connectivity index (χ0v) is 10.9. The summed E-state index contributed by atoms with van der Waals surface area (Å²) in [6.07, 6.45) is 0. The summed E-state index contributed by atoms with van der Waals surface area (Å²) in [7, 11) is 0. The predicted octanol–water partition coefficient (Wildman–Crippen LogP) is 2.24. The highest BCUT2D eigenvalue weighted by Gasteiger charge is 2.18. The van der Waals surface area contributed by atoms with Gasteiger partial charge in [-0.15, -0.1) is 0 Å². The van der Waals surface area contributed by atoms with Crippen molar-refractivity contribution in [2.75, 3.05) is 11.9 Å². The van der Waals surface area contributed by atoms with Gasteiger partial charge in [0.2, 0.25) is 5.91 Å². The van der Waals surface area contributed by atoms with Crippen LogP contribution in [0, 0.1) is 11.3 Å². The Balaban J connectivity index is 2.11. The summed E-state index contributed by atoms with van der Waals surface area (Å²) < 4.78 is 0. The van der Waals surface area contributed by atoms with Crippen LogP contribution in [-0.2, 0) is 4.79 Å². The van der Waals surface area contributed by atoms with Gasteiger partial charge in [-0.3, -0.25) is 4.79 Å². The smallest absolute Gasteiger partial charge is 0.233 e. The molecule has 1 unspecified atom stereocenters. The first kappa shape index (κ1) is 13.8. The Morgan fingerprint density at radius 3 is 2.35 bits per heavy atom. The van der Waals surface area contributed by atoms with E-state index in [0.29, 0.717) is 11.3 Å². The van der Waals surface area contributed by atoms with Crippen LogP contribution in [0.1, 0.15) is 17.0 Å². The maximum absolute atomic E-state index is 12.2. The average molecular weight is 265 g/mol. The Hall–Kier alpha value is -2.64. The molecular formula is C16H15N3O. The van der Waals surface area contributed by atoms with Gasteiger partial charge < -0.3 is 11.1 Å². The zero-order valence-electron chi connectivity index (χ0n) is 10.9. The van der Waals surface area contributed by atoms with E-state index in [1.165, 1.54) is 0 Å². The van der Waals surface area contributed by atoms with Crippen LogP contribution in [0.3, 0.4) is 0 Å². The highest BCUT2D eigenvalue weighted by molar-refractivity contribution is 5.96. The fourth-order valence-electron chi connectivity index (χ4n) is 1.94. The van der Waals surface area contributed by atoms with Gasteiger partial charge in [0, 0.05) is 12.2 Å². The van der Waals surface area contributed by atoms with Gasteiger partial charge in [0.05, 0.1) is 17.6 Å². The van der Waals surface area contributed by atoms with Crippen molar-refractivity contribution in [3.05, 3.63) is 65.7 Å². The molecule has 4 heteroatoms. The van der Waals surface area contributed by atoms with Crippen LogP contribution in [0.25, 0.3) is 0 Å². The van der Waals surface area contributed by atoms with E-state index in [2.05, 4.69) is 5.32 Å². The van der Waals surface area contributed by atoms with E-state index in [4.69, 9.17) is 11.0 Å². The monoisotopic (exact) mass is 265 g/mol. The van der Waals surface area contributed by atoms with Crippen molar-refractivity contribution < 1.29 is 4.79 Å². The summed E-state index contributed by atoms with van der Waals surface area (Å²) >= 11 is 0. The van der Waals surface area contributed by atoms with E-state index in [1.807, 2.05) is 36.4 Å². The maximum atomic E-state index is 12.2. The molecule has 100 valence electrons. The van der Waals surface area contributed by atoms with Gasteiger partial charge in [0.15, 0.2) is 0 Å². The molecule has 0 aliphatic carbocycles. The predicted molar refractivity (Wildman–Crippen MR) is 78.0 cm³/mol. The summed E-state index contributed by atoms with van der Waals surface area (Å²) in [6.45, 7) is 0.242. The van der Waals surface area contributed by atoms with Gasteiger partial charge in [-0.1, -0.05) is 30.3 Å². The Kier molecular flexibility index (Phi) is 4.48. The number of rotatable bonds is 4. The topological polar surface area (TPSA) is 78.9 Å². The van der Waals surface area contributed by atoms with E-state index in [1.54, 1.807) is 24.3 Å². The number of nitriles is 1. The second-order valence-corrected chi connectivity index (χ2v) is 4.38. The first-order chi connectivity index (χ1) is 9.74. The number of hydrogen-bond acceptors (Lipinski definition) is 3. The quantitative estimate of drug-likeness (QED) is 0.889. The number of carbonyl (C=O) groups excluding carboxylic acids is 1. The molecule has 1 atom stereocenters. The van der Waals surface area contributed by atoms with Crippen molar-refractivity contribution in [3.63, 3.8) is 0 Å². The van der Waals surface area contributed by atoms with E-state index in [-0.39, 0.29) is 18.4 Å². The van der Waals surface area contributed by atoms with E-state index in [9.17, 15) is 4.79 Å². The van der Waals surface area contributed by atoms with Crippen LogP contribution in [0.15, 0.2) is 54.6 Å². The van der Waals surface area contributed by atoms with Gasteiger partial charge in [0.1, 0.15) is 0 Å². The Morgan fingerprint density at radius 1 is 1.15 bits per heavy atom. The van der Waals surface area contributed by atoms with Crippen molar-refractivity contribution in [1.82, 2.24) is 0 Å². The standard InChI is InChI=1S/C16H15N3O/c17-10-12-6-8-14(9-7-12)19-16(20)15(11-18)13-4-2-1-3-5-13/h1-9,15H,11,18H2,(H,19,20). The molecule has 20 heavy (non-hydrogen) atoms. The molecule has 0 spiro atoms. The largest absolute Gasteiger partial charge is 0.329 e. The minimum atomic E-state index is -0.383. The van der Waals surface area contributed by atoms with Crippen molar-refractivity contribution in [1.29, 1.82) is 5.26 Å². The first-order valence-electron chi connectivity index (χ1n) is 6.30. The van der Waals surface area contributed by atoms with Crippen molar-refractivity contribution in [3.8, 4) is 6.07 Å². The fraction of sp³-hybridized carbons (Fsp3) is 0.125. The van der Waals surface area contributed by atoms with E-state index >= 15 is 0 Å². The lowest BCUT2D eigenvalue weighted by atomic mass is 9.98. The first-order valence-corrected chi connectivity index (χ1v) is 6.30. The summed E-state index contributed by atoms with van der Waals surface area (Å²) in [5.41, 5.74) is 7.80. The number of nitrogens with zero attached hydrogens (tertiary/aromatic N) is 1. The molecule has 3 N–H and O–H groups in total. The van der Waals surface area contributed by atoms with Crippen LogP contribution >= 0.6 is 0 Å². The number of benzene rings is 2. The fourth-order valence-corrected chi connectivity index (χ4v) is 1.94. The number of hydrogen-bond donors (Lipinski definition) is 2. The zero-order chi connectivity index (χ0) is 14.4. The second-order valence-electron chi connectivity index (χ2n) is 4.38. The third-order valence-electron chi connectivity index (χ3n) is 3.04. The highest BCUT2D eigenvalue weighted by Crippen LogP contribution is 2.17. The van der Waals surface area contributed by atoms with Crippen LogP contribution in [0.4, 0.5) is 5.69 Å². The second kappa shape index (κ2) is 6.50. The molecule has 0 fully saturated rings. The molecule has 0 aliphatic heterocycles. The van der Waals surface area contributed by atoms with E-state index in [0.717, 1.165) is 5.56 Å². The number of anilines is 1. The number of carbonyl (C=O) groups is 1. The lowest BCUT2D eigenvalue weighted by Crippen LogP contribution is -2.27. The SMILES string of the molecule is N#Cc1ccc(NC(=O)C(CN)c2ccccc2)cc1. The molecule has 0 saturated carbocycles. The maximum Gasteiger partial charge on any atom is 0.233 e. The van der Waals surface area contributed by atoms with Gasteiger partial charge in [-0.2, -0.15) is 5.26 Å². The molecule has 2 rings (SSSR count). The lowest BCUT2D eigenvalue weighted by Gasteiger charge is -2.15. The van der Waals surface area contributed by atoms with Crippen molar-refractivity contribution >= 4 is 11.6 Å².